The number of rotatable bonds is 3. The number of hydrogen-bond acceptors (Lipinski definition) is 3. The van der Waals surface area contributed by atoms with E-state index in [0.717, 1.165) is 44.1 Å². The van der Waals surface area contributed by atoms with Gasteiger partial charge in [-0.15, -0.1) is 0 Å². The van der Waals surface area contributed by atoms with Crippen molar-refractivity contribution in [2.24, 2.45) is 0 Å². The molecular formula is C12H16N2O. The molecule has 0 unspecified atom stereocenters. The summed E-state index contributed by atoms with van der Waals surface area (Å²) in [5, 5.41) is 0. The summed E-state index contributed by atoms with van der Waals surface area (Å²) in [5.74, 6) is 0. The second-order valence-corrected chi connectivity index (χ2v) is 3.67. The lowest BCUT2D eigenvalue weighted by Gasteiger charge is -2.26. The average molecular weight is 204 g/mol. The summed E-state index contributed by atoms with van der Waals surface area (Å²) in [7, 11) is 0. The Bertz CT molecular complexity index is 332. The maximum absolute atomic E-state index is 5.30. The van der Waals surface area contributed by atoms with E-state index in [1.807, 2.05) is 18.3 Å². The van der Waals surface area contributed by atoms with Gasteiger partial charge in [-0.05, 0) is 17.7 Å². The van der Waals surface area contributed by atoms with Gasteiger partial charge < -0.3 is 4.74 Å². The highest BCUT2D eigenvalue weighted by Gasteiger charge is 2.10. The zero-order valence-electron chi connectivity index (χ0n) is 8.85. The standard InChI is InChI=1S/C12H16N2O/c1-2-11-3-4-13-12(9-11)10-14-5-7-15-8-6-14/h2-4,9H,1,5-8,10H2. The molecule has 15 heavy (non-hydrogen) atoms. The van der Waals surface area contributed by atoms with Crippen LogP contribution in [-0.2, 0) is 11.3 Å². The van der Waals surface area contributed by atoms with E-state index in [1.165, 1.54) is 0 Å². The Morgan fingerprint density at radius 3 is 3.00 bits per heavy atom. The van der Waals surface area contributed by atoms with E-state index in [2.05, 4.69) is 22.5 Å². The SMILES string of the molecule is C=Cc1ccnc(CN2CCOCC2)c1. The first-order valence-electron chi connectivity index (χ1n) is 5.26. The van der Waals surface area contributed by atoms with Crippen molar-refractivity contribution in [2.45, 2.75) is 6.54 Å². The van der Waals surface area contributed by atoms with Crippen molar-refractivity contribution >= 4 is 6.08 Å². The second kappa shape index (κ2) is 5.05. The van der Waals surface area contributed by atoms with Crippen molar-refractivity contribution in [3.05, 3.63) is 36.2 Å². The number of pyridine rings is 1. The van der Waals surface area contributed by atoms with Crippen LogP contribution in [0.3, 0.4) is 0 Å². The van der Waals surface area contributed by atoms with Crippen LogP contribution in [0.5, 0.6) is 0 Å². The van der Waals surface area contributed by atoms with Gasteiger partial charge in [0, 0.05) is 25.8 Å². The van der Waals surface area contributed by atoms with E-state index < -0.39 is 0 Å². The van der Waals surface area contributed by atoms with E-state index in [1.54, 1.807) is 0 Å². The van der Waals surface area contributed by atoms with Gasteiger partial charge in [-0.25, -0.2) is 0 Å². The van der Waals surface area contributed by atoms with Crippen LogP contribution in [0.4, 0.5) is 0 Å². The number of hydrogen-bond donors (Lipinski definition) is 0. The fraction of sp³-hybridized carbons (Fsp3) is 0.417. The van der Waals surface area contributed by atoms with Gasteiger partial charge in [0.25, 0.3) is 0 Å². The molecular weight excluding hydrogens is 188 g/mol. The van der Waals surface area contributed by atoms with Crippen LogP contribution in [-0.4, -0.2) is 36.2 Å². The van der Waals surface area contributed by atoms with Crippen LogP contribution in [0, 0.1) is 0 Å². The van der Waals surface area contributed by atoms with Crippen molar-refractivity contribution < 1.29 is 4.74 Å². The number of nitrogens with zero attached hydrogens (tertiary/aromatic N) is 2. The number of aromatic nitrogens is 1. The Labute approximate surface area is 90.4 Å². The molecule has 2 rings (SSSR count). The monoisotopic (exact) mass is 204 g/mol. The summed E-state index contributed by atoms with van der Waals surface area (Å²) in [6.07, 6.45) is 3.69. The van der Waals surface area contributed by atoms with Crippen LogP contribution in [0.1, 0.15) is 11.3 Å². The van der Waals surface area contributed by atoms with Crippen LogP contribution >= 0.6 is 0 Å². The molecule has 1 fully saturated rings. The third-order valence-corrected chi connectivity index (χ3v) is 2.57. The van der Waals surface area contributed by atoms with Gasteiger partial charge >= 0.3 is 0 Å². The van der Waals surface area contributed by atoms with E-state index in [-0.39, 0.29) is 0 Å². The predicted molar refractivity (Wildman–Crippen MR) is 60.4 cm³/mol. The van der Waals surface area contributed by atoms with Crippen LogP contribution in [0.15, 0.2) is 24.9 Å². The Morgan fingerprint density at radius 1 is 1.47 bits per heavy atom. The summed E-state index contributed by atoms with van der Waals surface area (Å²) < 4.78 is 5.30. The zero-order valence-corrected chi connectivity index (χ0v) is 8.85. The Kier molecular flexibility index (Phi) is 3.48. The number of morpholine rings is 1. The lowest BCUT2D eigenvalue weighted by Crippen LogP contribution is -2.35. The van der Waals surface area contributed by atoms with E-state index in [4.69, 9.17) is 4.74 Å². The van der Waals surface area contributed by atoms with E-state index in [0.29, 0.717) is 0 Å². The molecule has 3 heteroatoms. The van der Waals surface area contributed by atoms with Gasteiger partial charge in [-0.3, -0.25) is 9.88 Å². The van der Waals surface area contributed by atoms with Crippen LogP contribution < -0.4 is 0 Å². The zero-order chi connectivity index (χ0) is 10.5. The Balaban J connectivity index is 1.99. The molecule has 0 spiro atoms. The Hall–Kier alpha value is -1.19. The lowest BCUT2D eigenvalue weighted by atomic mass is 10.2. The number of ether oxygens (including phenoxy) is 1. The van der Waals surface area contributed by atoms with Crippen molar-refractivity contribution in [1.29, 1.82) is 0 Å². The quantitative estimate of drug-likeness (QED) is 0.747. The first kappa shape index (κ1) is 10.3. The molecule has 1 aliphatic heterocycles. The summed E-state index contributed by atoms with van der Waals surface area (Å²) in [6.45, 7) is 8.33. The second-order valence-electron chi connectivity index (χ2n) is 3.67. The first-order chi connectivity index (χ1) is 7.38. The third kappa shape index (κ3) is 2.88. The van der Waals surface area contributed by atoms with Gasteiger partial charge in [0.05, 0.1) is 18.9 Å². The van der Waals surface area contributed by atoms with Gasteiger partial charge in [0.1, 0.15) is 0 Å². The maximum atomic E-state index is 5.30. The molecule has 1 aromatic heterocycles. The molecule has 1 aromatic rings. The minimum absolute atomic E-state index is 0.834. The highest BCUT2D eigenvalue weighted by Crippen LogP contribution is 2.07. The Morgan fingerprint density at radius 2 is 2.27 bits per heavy atom. The maximum Gasteiger partial charge on any atom is 0.0594 e. The molecule has 2 heterocycles. The molecule has 0 bridgehead atoms. The van der Waals surface area contributed by atoms with Gasteiger partial charge in [0.15, 0.2) is 0 Å². The van der Waals surface area contributed by atoms with Crippen molar-refractivity contribution in [3.8, 4) is 0 Å². The molecule has 0 saturated carbocycles. The molecule has 1 aliphatic rings. The normalized spacial score (nSPS) is 17.6. The van der Waals surface area contributed by atoms with Crippen molar-refractivity contribution in [1.82, 2.24) is 9.88 Å². The first-order valence-corrected chi connectivity index (χ1v) is 5.26. The summed E-state index contributed by atoms with van der Waals surface area (Å²) in [4.78, 5) is 6.71. The molecule has 0 N–H and O–H groups in total. The van der Waals surface area contributed by atoms with Crippen molar-refractivity contribution in [3.63, 3.8) is 0 Å². The summed E-state index contributed by atoms with van der Waals surface area (Å²) in [5.41, 5.74) is 2.24. The van der Waals surface area contributed by atoms with E-state index in [9.17, 15) is 0 Å². The van der Waals surface area contributed by atoms with Gasteiger partial charge in [0.2, 0.25) is 0 Å². The highest BCUT2D eigenvalue weighted by atomic mass is 16.5. The van der Waals surface area contributed by atoms with Crippen molar-refractivity contribution in [2.75, 3.05) is 26.3 Å². The molecule has 1 saturated heterocycles. The largest absolute Gasteiger partial charge is 0.379 e. The molecule has 0 radical (unpaired) electrons. The summed E-state index contributed by atoms with van der Waals surface area (Å²) in [6, 6.07) is 4.05. The minimum atomic E-state index is 0.834. The molecule has 3 nitrogen and oxygen atoms in total. The van der Waals surface area contributed by atoms with Gasteiger partial charge in [-0.2, -0.15) is 0 Å². The molecule has 0 aliphatic carbocycles. The summed E-state index contributed by atoms with van der Waals surface area (Å²) >= 11 is 0. The molecule has 0 amide bonds. The fourth-order valence-electron chi connectivity index (χ4n) is 1.70. The fourth-order valence-corrected chi connectivity index (χ4v) is 1.70. The van der Waals surface area contributed by atoms with Gasteiger partial charge in [-0.1, -0.05) is 12.7 Å². The smallest absolute Gasteiger partial charge is 0.0594 e. The van der Waals surface area contributed by atoms with Crippen LogP contribution in [0.25, 0.3) is 6.08 Å². The molecule has 0 atom stereocenters. The molecule has 0 aromatic carbocycles. The topological polar surface area (TPSA) is 25.4 Å². The lowest BCUT2D eigenvalue weighted by molar-refractivity contribution is 0.0336. The van der Waals surface area contributed by atoms with Crippen LogP contribution in [0.2, 0.25) is 0 Å². The predicted octanol–water partition coefficient (Wildman–Crippen LogP) is 1.56. The minimum Gasteiger partial charge on any atom is -0.379 e. The highest BCUT2D eigenvalue weighted by molar-refractivity contribution is 5.46. The van der Waals surface area contributed by atoms with E-state index >= 15 is 0 Å². The average Bonchev–Trinajstić information content (AvgIpc) is 2.31. The molecule has 80 valence electrons. The third-order valence-electron chi connectivity index (χ3n) is 2.57.